The van der Waals surface area contributed by atoms with Crippen LogP contribution in [0.25, 0.3) is 0 Å². The van der Waals surface area contributed by atoms with Crippen molar-refractivity contribution in [3.63, 3.8) is 0 Å². The largest absolute Gasteiger partial charge is 0.465 e. The molecular formula is C16H31NO3S. The quantitative estimate of drug-likeness (QED) is 0.697. The molecule has 2 unspecified atom stereocenters. The predicted molar refractivity (Wildman–Crippen MR) is 88.8 cm³/mol. The molecule has 1 rings (SSSR count). The number of nitrogens with one attached hydrogen (secondary N) is 1. The molecule has 1 N–H and O–H groups in total. The molecule has 1 aliphatic heterocycles. The highest BCUT2D eigenvalue weighted by atomic mass is 32.2. The van der Waals surface area contributed by atoms with Crippen molar-refractivity contribution in [3.8, 4) is 0 Å². The molecule has 0 bridgehead atoms. The van der Waals surface area contributed by atoms with Crippen LogP contribution in [0.2, 0.25) is 0 Å². The molecule has 0 aromatic rings. The Morgan fingerprint density at radius 3 is 2.52 bits per heavy atom. The van der Waals surface area contributed by atoms with E-state index in [1.54, 1.807) is 0 Å². The van der Waals surface area contributed by atoms with Crippen LogP contribution in [0.4, 0.5) is 0 Å². The molecule has 4 nitrogen and oxygen atoms in total. The highest BCUT2D eigenvalue weighted by Crippen LogP contribution is 2.31. The smallest absolute Gasteiger partial charge is 0.326 e. The Labute approximate surface area is 133 Å². The Morgan fingerprint density at radius 1 is 1.38 bits per heavy atom. The van der Waals surface area contributed by atoms with Crippen molar-refractivity contribution in [2.75, 3.05) is 19.8 Å². The van der Waals surface area contributed by atoms with Crippen LogP contribution in [0.15, 0.2) is 0 Å². The second-order valence-electron chi connectivity index (χ2n) is 6.31. The van der Waals surface area contributed by atoms with Gasteiger partial charge in [-0.2, -0.15) is 11.8 Å². The van der Waals surface area contributed by atoms with Gasteiger partial charge in [-0.1, -0.05) is 6.92 Å². The average Bonchev–Trinajstić information content (AvgIpc) is 2.38. The van der Waals surface area contributed by atoms with Crippen molar-refractivity contribution < 1.29 is 14.3 Å². The number of hydrogen-bond donors (Lipinski definition) is 1. The molecule has 0 aromatic carbocycles. The van der Waals surface area contributed by atoms with Crippen molar-refractivity contribution in [2.45, 2.75) is 76.0 Å². The van der Waals surface area contributed by atoms with Gasteiger partial charge >= 0.3 is 5.97 Å². The summed E-state index contributed by atoms with van der Waals surface area (Å²) >= 11 is 1.98. The molecule has 0 aromatic heterocycles. The first-order valence-electron chi connectivity index (χ1n) is 8.05. The Kier molecular flexibility index (Phi) is 8.06. The lowest BCUT2D eigenvalue weighted by Crippen LogP contribution is -2.54. The number of thioether (sulfide) groups is 1. The molecule has 124 valence electrons. The summed E-state index contributed by atoms with van der Waals surface area (Å²) in [6, 6.07) is 0.250. The molecule has 0 saturated carbocycles. The minimum Gasteiger partial charge on any atom is -0.465 e. The normalized spacial score (nSPS) is 21.0. The van der Waals surface area contributed by atoms with Gasteiger partial charge in [0.05, 0.1) is 6.61 Å². The molecule has 1 saturated heterocycles. The Hall–Kier alpha value is -0.260. The Bertz CT molecular complexity index is 319. The lowest BCUT2D eigenvalue weighted by Gasteiger charge is -2.34. The van der Waals surface area contributed by atoms with Crippen LogP contribution in [0, 0.1) is 0 Å². The maximum atomic E-state index is 12.3. The number of carbonyl (C=O) groups excluding carboxylic acids is 1. The fraction of sp³-hybridized carbons (Fsp3) is 0.938. The summed E-state index contributed by atoms with van der Waals surface area (Å²) in [5.74, 6) is -0.141. The Morgan fingerprint density at radius 2 is 2.00 bits per heavy atom. The summed E-state index contributed by atoms with van der Waals surface area (Å²) < 4.78 is 10.7. The number of rotatable bonds is 8. The van der Waals surface area contributed by atoms with Crippen molar-refractivity contribution in [3.05, 3.63) is 0 Å². The van der Waals surface area contributed by atoms with Crippen molar-refractivity contribution in [1.29, 1.82) is 0 Å². The van der Waals surface area contributed by atoms with Crippen LogP contribution in [-0.4, -0.2) is 47.9 Å². The Balaban J connectivity index is 2.59. The van der Waals surface area contributed by atoms with Crippen molar-refractivity contribution in [2.24, 2.45) is 0 Å². The van der Waals surface area contributed by atoms with E-state index in [1.807, 2.05) is 25.6 Å². The van der Waals surface area contributed by atoms with E-state index in [0.29, 0.717) is 17.1 Å². The van der Waals surface area contributed by atoms with Crippen LogP contribution in [0.5, 0.6) is 0 Å². The number of ether oxygens (including phenoxy) is 2. The van der Waals surface area contributed by atoms with E-state index < -0.39 is 5.54 Å². The summed E-state index contributed by atoms with van der Waals surface area (Å²) in [6.45, 7) is 12.3. The maximum absolute atomic E-state index is 12.3. The summed E-state index contributed by atoms with van der Waals surface area (Å²) in [5.41, 5.74) is -0.609. The van der Waals surface area contributed by atoms with E-state index in [1.165, 1.54) is 0 Å². The van der Waals surface area contributed by atoms with Crippen LogP contribution < -0.4 is 5.32 Å². The van der Waals surface area contributed by atoms with E-state index in [4.69, 9.17) is 9.47 Å². The van der Waals surface area contributed by atoms with Crippen LogP contribution in [0.3, 0.4) is 0 Å². The summed E-state index contributed by atoms with van der Waals surface area (Å²) in [4.78, 5) is 12.3. The second-order valence-corrected chi connectivity index (χ2v) is 8.06. The standard InChI is InChI=1S/C16H31NO3S/c1-6-20-15(18)16(5,17-12(2)3)11-13(4)21-14-7-9-19-10-8-14/h12-14,17H,6-11H2,1-5H3. The first-order valence-corrected chi connectivity index (χ1v) is 8.99. The highest BCUT2D eigenvalue weighted by molar-refractivity contribution is 8.00. The van der Waals surface area contributed by atoms with Crippen LogP contribution >= 0.6 is 11.8 Å². The summed E-state index contributed by atoms with van der Waals surface area (Å²) in [5, 5.41) is 4.46. The predicted octanol–water partition coefficient (Wildman–Crippen LogP) is 3.00. The third-order valence-corrected chi connectivity index (χ3v) is 5.11. The van der Waals surface area contributed by atoms with Gasteiger partial charge in [0.1, 0.15) is 5.54 Å². The minimum absolute atomic E-state index is 0.141. The van der Waals surface area contributed by atoms with Gasteiger partial charge in [-0.25, -0.2) is 0 Å². The summed E-state index contributed by atoms with van der Waals surface area (Å²) in [6.07, 6.45) is 3.01. The first-order chi connectivity index (χ1) is 9.87. The first kappa shape index (κ1) is 18.8. The molecule has 5 heteroatoms. The van der Waals surface area contributed by atoms with Crippen LogP contribution in [0.1, 0.15) is 53.9 Å². The zero-order valence-electron chi connectivity index (χ0n) is 14.1. The van der Waals surface area contributed by atoms with E-state index >= 15 is 0 Å². The van der Waals surface area contributed by atoms with E-state index in [-0.39, 0.29) is 12.0 Å². The molecular weight excluding hydrogens is 286 g/mol. The van der Waals surface area contributed by atoms with Gasteiger partial charge in [0.25, 0.3) is 0 Å². The zero-order chi connectivity index (χ0) is 15.9. The highest BCUT2D eigenvalue weighted by Gasteiger charge is 2.37. The van der Waals surface area contributed by atoms with Gasteiger partial charge in [0, 0.05) is 29.8 Å². The lowest BCUT2D eigenvalue weighted by atomic mass is 9.95. The number of carbonyl (C=O) groups is 1. The zero-order valence-corrected chi connectivity index (χ0v) is 14.9. The third kappa shape index (κ3) is 6.57. The molecule has 1 fully saturated rings. The van der Waals surface area contributed by atoms with Gasteiger partial charge in [-0.15, -0.1) is 0 Å². The number of esters is 1. The van der Waals surface area contributed by atoms with E-state index in [9.17, 15) is 4.79 Å². The lowest BCUT2D eigenvalue weighted by molar-refractivity contribution is -0.151. The molecule has 0 amide bonds. The molecule has 1 aliphatic rings. The molecule has 0 aliphatic carbocycles. The summed E-state index contributed by atoms with van der Waals surface area (Å²) in [7, 11) is 0. The molecule has 0 spiro atoms. The van der Waals surface area contributed by atoms with Crippen molar-refractivity contribution in [1.82, 2.24) is 5.32 Å². The van der Waals surface area contributed by atoms with Gasteiger partial charge in [0.15, 0.2) is 0 Å². The van der Waals surface area contributed by atoms with Gasteiger partial charge in [-0.3, -0.25) is 10.1 Å². The van der Waals surface area contributed by atoms with Crippen molar-refractivity contribution >= 4 is 17.7 Å². The molecule has 0 radical (unpaired) electrons. The van der Waals surface area contributed by atoms with E-state index in [2.05, 4.69) is 26.1 Å². The topological polar surface area (TPSA) is 47.6 Å². The molecule has 2 atom stereocenters. The minimum atomic E-state index is -0.609. The average molecular weight is 317 g/mol. The van der Waals surface area contributed by atoms with Crippen LogP contribution in [-0.2, 0) is 14.3 Å². The van der Waals surface area contributed by atoms with Gasteiger partial charge in [-0.05, 0) is 47.0 Å². The van der Waals surface area contributed by atoms with Gasteiger partial charge in [0.2, 0.25) is 0 Å². The van der Waals surface area contributed by atoms with E-state index in [0.717, 1.165) is 32.5 Å². The second kappa shape index (κ2) is 9.01. The maximum Gasteiger partial charge on any atom is 0.326 e. The number of hydrogen-bond acceptors (Lipinski definition) is 5. The third-order valence-electron chi connectivity index (χ3n) is 3.62. The molecule has 21 heavy (non-hydrogen) atoms. The molecule has 1 heterocycles. The fourth-order valence-electron chi connectivity index (χ4n) is 2.89. The SMILES string of the molecule is CCOC(=O)C(C)(CC(C)SC1CCOCC1)NC(C)C. The monoisotopic (exact) mass is 317 g/mol. The fourth-order valence-corrected chi connectivity index (χ4v) is 4.44. The van der Waals surface area contributed by atoms with Gasteiger partial charge < -0.3 is 9.47 Å².